The summed E-state index contributed by atoms with van der Waals surface area (Å²) in [6.07, 6.45) is 10.9. The van der Waals surface area contributed by atoms with Gasteiger partial charge in [-0.25, -0.2) is 5.26 Å². The summed E-state index contributed by atoms with van der Waals surface area (Å²) in [6, 6.07) is 0. The molecule has 1 aliphatic rings. The Bertz CT molecular complexity index is 57.9. The molecule has 9 heavy (non-hydrogen) atoms. The SMILES string of the molecule is C#C.C#N.C1CCSC1. The lowest BCUT2D eigenvalue weighted by Gasteiger charge is -1.69. The van der Waals surface area contributed by atoms with Crippen molar-refractivity contribution in [2.45, 2.75) is 12.8 Å². The summed E-state index contributed by atoms with van der Waals surface area (Å²) in [6.45, 7) is 3.50. The summed E-state index contributed by atoms with van der Waals surface area (Å²) in [4.78, 5) is 0. The van der Waals surface area contributed by atoms with Gasteiger partial charge in [-0.1, -0.05) is 0 Å². The van der Waals surface area contributed by atoms with Crippen LogP contribution in [0.25, 0.3) is 0 Å². The average molecular weight is 141 g/mol. The van der Waals surface area contributed by atoms with Crippen molar-refractivity contribution in [1.82, 2.24) is 0 Å². The Morgan fingerprint density at radius 2 is 1.33 bits per heavy atom. The van der Waals surface area contributed by atoms with Gasteiger partial charge in [0.1, 0.15) is 0 Å². The molecule has 1 heterocycles. The van der Waals surface area contributed by atoms with Gasteiger partial charge in [0.25, 0.3) is 0 Å². The van der Waals surface area contributed by atoms with Crippen molar-refractivity contribution in [3.63, 3.8) is 0 Å². The van der Waals surface area contributed by atoms with Crippen LogP contribution < -0.4 is 0 Å². The quantitative estimate of drug-likeness (QED) is 0.481. The lowest BCUT2D eigenvalue weighted by atomic mass is 10.4. The third kappa shape index (κ3) is 11.1. The van der Waals surface area contributed by atoms with Gasteiger partial charge in [-0.2, -0.15) is 11.8 Å². The van der Waals surface area contributed by atoms with E-state index in [1.807, 2.05) is 0 Å². The Labute approximate surface area is 61.4 Å². The van der Waals surface area contributed by atoms with Gasteiger partial charge in [-0.15, -0.1) is 12.8 Å². The highest BCUT2D eigenvalue weighted by Gasteiger charge is 1.95. The smallest absolute Gasteiger partial charge is 0.0462 e. The predicted octanol–water partition coefficient (Wildman–Crippen LogP) is 1.90. The van der Waals surface area contributed by atoms with Crippen LogP contribution in [0.4, 0.5) is 0 Å². The van der Waals surface area contributed by atoms with Crippen molar-refractivity contribution in [1.29, 1.82) is 5.26 Å². The monoisotopic (exact) mass is 141 g/mol. The number of nitrogens with zero attached hydrogens (tertiary/aromatic N) is 1. The Balaban J connectivity index is 0. The summed E-state index contributed by atoms with van der Waals surface area (Å²) in [5.41, 5.74) is 0. The van der Waals surface area contributed by atoms with E-state index in [2.05, 4.69) is 31.2 Å². The molecule has 50 valence electrons. The van der Waals surface area contributed by atoms with Gasteiger partial charge < -0.3 is 0 Å². The minimum Gasteiger partial charge on any atom is -0.202 e. The first kappa shape index (κ1) is 11.2. The number of terminal acetylenes is 1. The molecule has 0 radical (unpaired) electrons. The molecule has 0 aliphatic carbocycles. The van der Waals surface area contributed by atoms with Crippen molar-refractivity contribution in [2.24, 2.45) is 0 Å². The van der Waals surface area contributed by atoms with Gasteiger partial charge in [0.2, 0.25) is 0 Å². The van der Waals surface area contributed by atoms with Crippen LogP contribution in [0, 0.1) is 24.7 Å². The van der Waals surface area contributed by atoms with E-state index in [0.717, 1.165) is 0 Å². The Hall–Kier alpha value is -0.600. The maximum absolute atomic E-state index is 6.50. The normalized spacial score (nSPS) is 13.8. The molecule has 0 amide bonds. The van der Waals surface area contributed by atoms with E-state index < -0.39 is 0 Å². The molecule has 1 fully saturated rings. The summed E-state index contributed by atoms with van der Waals surface area (Å²) in [5, 5.41) is 6.50. The molecule has 0 unspecified atom stereocenters. The van der Waals surface area contributed by atoms with E-state index in [1.165, 1.54) is 24.3 Å². The lowest BCUT2D eigenvalue weighted by Crippen LogP contribution is -1.58. The van der Waals surface area contributed by atoms with Crippen LogP contribution in [0.5, 0.6) is 0 Å². The number of hydrogen-bond donors (Lipinski definition) is 0. The van der Waals surface area contributed by atoms with Crippen LogP contribution in [0.1, 0.15) is 12.8 Å². The van der Waals surface area contributed by atoms with Crippen molar-refractivity contribution in [2.75, 3.05) is 11.5 Å². The van der Waals surface area contributed by atoms with E-state index in [1.54, 1.807) is 0 Å². The largest absolute Gasteiger partial charge is 0.202 e. The molecule has 1 saturated heterocycles. The Kier molecular flexibility index (Phi) is 19.5. The molecule has 2 heteroatoms. The van der Waals surface area contributed by atoms with E-state index >= 15 is 0 Å². The Morgan fingerprint density at radius 3 is 1.44 bits per heavy atom. The number of nitriles is 1. The maximum atomic E-state index is 6.50. The molecular weight excluding hydrogens is 130 g/mol. The zero-order valence-corrected chi connectivity index (χ0v) is 6.23. The zero-order chi connectivity index (χ0) is 7.54. The summed E-state index contributed by atoms with van der Waals surface area (Å²) in [5.74, 6) is 2.83. The van der Waals surface area contributed by atoms with Gasteiger partial charge in [-0.05, 0) is 24.3 Å². The van der Waals surface area contributed by atoms with Crippen LogP contribution in [0.2, 0.25) is 0 Å². The van der Waals surface area contributed by atoms with Gasteiger partial charge >= 0.3 is 0 Å². The highest BCUT2D eigenvalue weighted by Crippen LogP contribution is 2.14. The first-order chi connectivity index (χ1) is 4.50. The fourth-order valence-corrected chi connectivity index (χ4v) is 1.53. The van der Waals surface area contributed by atoms with Crippen LogP contribution in [0.3, 0.4) is 0 Å². The fraction of sp³-hybridized carbons (Fsp3) is 0.571. The molecule has 0 spiro atoms. The fourth-order valence-electron chi connectivity index (χ4n) is 0.510. The second-order valence-electron chi connectivity index (χ2n) is 1.32. The molecule has 0 bridgehead atoms. The number of hydrogen-bond acceptors (Lipinski definition) is 2. The molecule has 0 atom stereocenters. The summed E-state index contributed by atoms with van der Waals surface area (Å²) < 4.78 is 0. The highest BCUT2D eigenvalue weighted by molar-refractivity contribution is 7.99. The van der Waals surface area contributed by atoms with E-state index in [-0.39, 0.29) is 0 Å². The molecule has 0 aromatic rings. The molecular formula is C7H11NS. The van der Waals surface area contributed by atoms with Gasteiger partial charge in [-0.3, -0.25) is 0 Å². The predicted molar refractivity (Wildman–Crippen MR) is 43.1 cm³/mol. The first-order valence-electron chi connectivity index (χ1n) is 2.67. The van der Waals surface area contributed by atoms with Crippen LogP contribution in [0.15, 0.2) is 0 Å². The zero-order valence-electron chi connectivity index (χ0n) is 5.42. The molecule has 0 aromatic heterocycles. The van der Waals surface area contributed by atoms with Crippen molar-refractivity contribution in [3.8, 4) is 19.4 Å². The van der Waals surface area contributed by atoms with E-state index in [0.29, 0.717) is 0 Å². The molecule has 1 rings (SSSR count). The molecule has 1 aliphatic heterocycles. The lowest BCUT2D eigenvalue weighted by molar-refractivity contribution is 0.949. The van der Waals surface area contributed by atoms with E-state index in [9.17, 15) is 0 Å². The minimum absolute atomic E-state index is 1.42. The van der Waals surface area contributed by atoms with Crippen molar-refractivity contribution >= 4 is 11.8 Å². The van der Waals surface area contributed by atoms with E-state index in [4.69, 9.17) is 5.26 Å². The second kappa shape index (κ2) is 15.7. The summed E-state index contributed by atoms with van der Waals surface area (Å²) in [7, 11) is 0. The molecule has 0 saturated carbocycles. The van der Waals surface area contributed by atoms with Gasteiger partial charge in [0.15, 0.2) is 0 Å². The molecule has 1 nitrogen and oxygen atoms in total. The third-order valence-corrected chi connectivity index (χ3v) is 1.98. The minimum atomic E-state index is 1.42. The van der Waals surface area contributed by atoms with Crippen LogP contribution in [-0.2, 0) is 0 Å². The van der Waals surface area contributed by atoms with Crippen molar-refractivity contribution < 1.29 is 0 Å². The standard InChI is InChI=1S/C4H8S.C2H2.CHN/c1-2-4-5-3-1;2*1-2/h1-4H2;1-2H;1H. The Morgan fingerprint density at radius 1 is 1.00 bits per heavy atom. The van der Waals surface area contributed by atoms with Gasteiger partial charge in [0.05, 0.1) is 0 Å². The summed E-state index contributed by atoms with van der Waals surface area (Å²) >= 11 is 2.07. The van der Waals surface area contributed by atoms with Crippen LogP contribution >= 0.6 is 11.8 Å². The van der Waals surface area contributed by atoms with Crippen molar-refractivity contribution in [3.05, 3.63) is 0 Å². The molecule has 0 aromatic carbocycles. The van der Waals surface area contributed by atoms with Crippen LogP contribution in [-0.4, -0.2) is 11.5 Å². The third-order valence-electron chi connectivity index (χ3n) is 0.827. The first-order valence-corrected chi connectivity index (χ1v) is 3.82. The average Bonchev–Trinajstić information content (AvgIpc) is 2.51. The van der Waals surface area contributed by atoms with Gasteiger partial charge in [0, 0.05) is 6.57 Å². The maximum Gasteiger partial charge on any atom is 0.0462 e. The topological polar surface area (TPSA) is 23.8 Å². The number of thioether (sulfide) groups is 1. The molecule has 0 N–H and O–H groups in total. The number of rotatable bonds is 0. The second-order valence-corrected chi connectivity index (χ2v) is 2.54. The highest BCUT2D eigenvalue weighted by atomic mass is 32.2.